The van der Waals surface area contributed by atoms with E-state index in [-0.39, 0.29) is 17.8 Å². The lowest BCUT2D eigenvalue weighted by molar-refractivity contribution is -0.147. The first-order valence-corrected chi connectivity index (χ1v) is 10.3. The van der Waals surface area contributed by atoms with E-state index >= 15 is 0 Å². The van der Waals surface area contributed by atoms with Gasteiger partial charge < -0.3 is 14.5 Å². The van der Waals surface area contributed by atoms with Crippen LogP contribution in [0.15, 0.2) is 70.0 Å². The van der Waals surface area contributed by atoms with Crippen LogP contribution in [0.5, 0.6) is 0 Å². The zero-order valence-electron chi connectivity index (χ0n) is 17.6. The zero-order chi connectivity index (χ0) is 22.2. The van der Waals surface area contributed by atoms with Gasteiger partial charge in [-0.05, 0) is 36.5 Å². The number of H-pyrrole nitrogens is 1. The maximum atomic E-state index is 12.5. The fraction of sp³-hybridized carbons (Fsp3) is 0.292. The van der Waals surface area contributed by atoms with Crippen molar-refractivity contribution in [3.05, 3.63) is 82.7 Å². The molecule has 1 amide bonds. The van der Waals surface area contributed by atoms with Gasteiger partial charge in [0.1, 0.15) is 0 Å². The third kappa shape index (κ3) is 6.18. The van der Waals surface area contributed by atoms with Gasteiger partial charge in [0.15, 0.2) is 0 Å². The van der Waals surface area contributed by atoms with Crippen molar-refractivity contribution in [2.24, 2.45) is 5.92 Å². The van der Waals surface area contributed by atoms with Gasteiger partial charge in [-0.25, -0.2) is 4.79 Å². The molecule has 2 atom stereocenters. The summed E-state index contributed by atoms with van der Waals surface area (Å²) < 4.78 is 9.93. The van der Waals surface area contributed by atoms with Crippen LogP contribution in [0.2, 0.25) is 0 Å². The summed E-state index contributed by atoms with van der Waals surface area (Å²) in [5.74, 6) is -2.02. The summed E-state index contributed by atoms with van der Waals surface area (Å²) in [5.41, 5.74) is 3.23. The number of benzene rings is 2. The number of aromatic amines is 1. The van der Waals surface area contributed by atoms with E-state index in [0.717, 1.165) is 16.7 Å². The van der Waals surface area contributed by atoms with Crippen LogP contribution < -0.4 is 11.1 Å². The molecule has 0 bridgehead atoms. The van der Waals surface area contributed by atoms with Gasteiger partial charge >= 0.3 is 11.7 Å². The largest absolute Gasteiger partial charge is 0.466 e. The second-order valence-electron chi connectivity index (χ2n) is 7.37. The first kappa shape index (κ1) is 22.1. The number of carbonyl (C=O) groups excluding carboxylic acids is 2. The molecule has 7 nitrogen and oxygen atoms in total. The van der Waals surface area contributed by atoms with Gasteiger partial charge in [-0.15, -0.1) is 0 Å². The average Bonchev–Trinajstić information content (AvgIpc) is 3.21. The Kier molecular flexibility index (Phi) is 7.43. The Bertz CT molecular complexity index is 1050. The molecule has 2 N–H and O–H groups in total. The molecule has 1 heterocycles. The fourth-order valence-corrected chi connectivity index (χ4v) is 3.40. The summed E-state index contributed by atoms with van der Waals surface area (Å²) in [6.45, 7) is 3.83. The van der Waals surface area contributed by atoms with Crippen LogP contribution in [0.1, 0.15) is 36.4 Å². The fourth-order valence-electron chi connectivity index (χ4n) is 3.40. The van der Waals surface area contributed by atoms with Crippen LogP contribution in [0.3, 0.4) is 0 Å². The topological polar surface area (TPSA) is 101 Å². The van der Waals surface area contributed by atoms with E-state index in [1.165, 1.54) is 6.20 Å². The minimum atomic E-state index is -0.696. The van der Waals surface area contributed by atoms with Gasteiger partial charge in [-0.1, -0.05) is 61.5 Å². The monoisotopic (exact) mass is 422 g/mol. The van der Waals surface area contributed by atoms with E-state index in [2.05, 4.69) is 10.3 Å². The number of aromatic nitrogens is 1. The molecule has 0 saturated heterocycles. The molecule has 2 unspecified atom stereocenters. The highest BCUT2D eigenvalue weighted by molar-refractivity contribution is 5.91. The molecule has 0 aliphatic rings. The number of carbonyl (C=O) groups is 2. The average molecular weight is 422 g/mol. The first-order chi connectivity index (χ1) is 15.0. The van der Waals surface area contributed by atoms with Crippen molar-refractivity contribution in [1.29, 1.82) is 0 Å². The van der Waals surface area contributed by atoms with E-state index in [9.17, 15) is 14.4 Å². The van der Waals surface area contributed by atoms with Crippen molar-refractivity contribution >= 4 is 11.9 Å². The maximum Gasteiger partial charge on any atom is 0.416 e. The van der Waals surface area contributed by atoms with Crippen LogP contribution in [-0.2, 0) is 16.0 Å². The number of rotatable bonds is 9. The molecular weight excluding hydrogens is 396 g/mol. The van der Waals surface area contributed by atoms with Crippen LogP contribution in [-0.4, -0.2) is 29.5 Å². The summed E-state index contributed by atoms with van der Waals surface area (Å²) in [6.07, 6.45) is 2.12. The molecule has 0 radical (unpaired) electrons. The quantitative estimate of drug-likeness (QED) is 0.514. The molecule has 0 saturated carbocycles. The van der Waals surface area contributed by atoms with Crippen molar-refractivity contribution in [1.82, 2.24) is 10.3 Å². The summed E-state index contributed by atoms with van der Waals surface area (Å²) in [5, 5.41) is 2.87. The molecule has 7 heteroatoms. The van der Waals surface area contributed by atoms with Crippen LogP contribution >= 0.6 is 0 Å². The van der Waals surface area contributed by atoms with Crippen LogP contribution in [0.4, 0.5) is 0 Å². The zero-order valence-corrected chi connectivity index (χ0v) is 17.6. The second-order valence-corrected chi connectivity index (χ2v) is 7.37. The van der Waals surface area contributed by atoms with Gasteiger partial charge in [0, 0.05) is 6.04 Å². The highest BCUT2D eigenvalue weighted by atomic mass is 16.5. The standard InChI is InChI=1S/C24H26N2O5/c1-3-30-23(28)16(2)13-20(26-22(27)21-15-25-24(29)31-21)14-17-9-11-19(12-10-17)18-7-5-4-6-8-18/h4-12,15-16,20H,3,13-14H2,1-2H3,(H,25,29)(H,26,27). The summed E-state index contributed by atoms with van der Waals surface area (Å²) in [4.78, 5) is 38.1. The Labute approximate surface area is 180 Å². The molecule has 0 aliphatic heterocycles. The van der Waals surface area contributed by atoms with Crippen LogP contribution in [0.25, 0.3) is 11.1 Å². The Balaban J connectivity index is 1.74. The summed E-state index contributed by atoms with van der Waals surface area (Å²) >= 11 is 0. The van der Waals surface area contributed by atoms with Crippen molar-refractivity contribution < 1.29 is 18.7 Å². The lowest BCUT2D eigenvalue weighted by Crippen LogP contribution is -2.38. The van der Waals surface area contributed by atoms with Crippen molar-refractivity contribution in [2.45, 2.75) is 32.7 Å². The molecule has 31 heavy (non-hydrogen) atoms. The SMILES string of the molecule is CCOC(=O)C(C)CC(Cc1ccc(-c2ccccc2)cc1)NC(=O)c1c[nH]c(=O)o1. The summed E-state index contributed by atoms with van der Waals surface area (Å²) in [6, 6.07) is 17.8. The number of hydrogen-bond donors (Lipinski definition) is 2. The minimum absolute atomic E-state index is 0.0989. The molecule has 1 aromatic heterocycles. The highest BCUT2D eigenvalue weighted by Gasteiger charge is 2.23. The Morgan fingerprint density at radius 1 is 1.06 bits per heavy atom. The number of oxazole rings is 1. The number of esters is 1. The van der Waals surface area contributed by atoms with E-state index in [1.807, 2.05) is 54.6 Å². The third-order valence-corrected chi connectivity index (χ3v) is 4.95. The molecule has 0 fully saturated rings. The summed E-state index contributed by atoms with van der Waals surface area (Å²) in [7, 11) is 0. The number of ether oxygens (including phenoxy) is 1. The van der Waals surface area contributed by atoms with E-state index in [1.54, 1.807) is 13.8 Å². The maximum absolute atomic E-state index is 12.5. The van der Waals surface area contributed by atoms with Gasteiger partial charge in [-0.3, -0.25) is 14.6 Å². The molecule has 0 aliphatic carbocycles. The van der Waals surface area contributed by atoms with Crippen molar-refractivity contribution in [3.8, 4) is 11.1 Å². The predicted molar refractivity (Wildman–Crippen MR) is 117 cm³/mol. The lowest BCUT2D eigenvalue weighted by Gasteiger charge is -2.21. The van der Waals surface area contributed by atoms with E-state index < -0.39 is 17.6 Å². The third-order valence-electron chi connectivity index (χ3n) is 4.95. The molecule has 2 aromatic carbocycles. The van der Waals surface area contributed by atoms with E-state index in [4.69, 9.17) is 9.15 Å². The molecule has 3 rings (SSSR count). The highest BCUT2D eigenvalue weighted by Crippen LogP contribution is 2.21. The van der Waals surface area contributed by atoms with Crippen molar-refractivity contribution in [2.75, 3.05) is 6.61 Å². The van der Waals surface area contributed by atoms with Crippen LogP contribution in [0, 0.1) is 5.92 Å². The lowest BCUT2D eigenvalue weighted by atomic mass is 9.95. The van der Waals surface area contributed by atoms with Gasteiger partial charge in [0.05, 0.1) is 18.7 Å². The number of hydrogen-bond acceptors (Lipinski definition) is 5. The second kappa shape index (κ2) is 10.4. The Hall–Kier alpha value is -3.61. The van der Waals surface area contributed by atoms with E-state index in [0.29, 0.717) is 19.4 Å². The predicted octanol–water partition coefficient (Wildman–Crippen LogP) is 3.57. The Morgan fingerprint density at radius 2 is 1.74 bits per heavy atom. The number of nitrogens with one attached hydrogen (secondary N) is 2. The van der Waals surface area contributed by atoms with Gasteiger partial charge in [-0.2, -0.15) is 0 Å². The first-order valence-electron chi connectivity index (χ1n) is 10.3. The molecule has 0 spiro atoms. The smallest absolute Gasteiger partial charge is 0.416 e. The minimum Gasteiger partial charge on any atom is -0.466 e. The van der Waals surface area contributed by atoms with Crippen molar-refractivity contribution in [3.63, 3.8) is 0 Å². The Morgan fingerprint density at radius 3 is 2.35 bits per heavy atom. The molecule has 3 aromatic rings. The molecule has 162 valence electrons. The van der Waals surface area contributed by atoms with Gasteiger partial charge in [0.2, 0.25) is 5.76 Å². The normalized spacial score (nSPS) is 12.7. The van der Waals surface area contributed by atoms with Gasteiger partial charge in [0.25, 0.3) is 5.91 Å². The number of amides is 1. The molecular formula is C24H26N2O5.